The van der Waals surface area contributed by atoms with E-state index in [1.807, 2.05) is 24.1 Å². The van der Waals surface area contributed by atoms with Gasteiger partial charge in [0.2, 0.25) is 5.91 Å². The van der Waals surface area contributed by atoms with Crippen LogP contribution in [0.4, 0.5) is 5.69 Å². The minimum atomic E-state index is 0.0799. The monoisotopic (exact) mass is 321 g/mol. The molecule has 0 atom stereocenters. The second-order valence-electron chi connectivity index (χ2n) is 5.33. The number of nitrogens with zero attached hydrogens (tertiary/aromatic N) is 2. The molecule has 1 aliphatic rings. The van der Waals surface area contributed by atoms with E-state index in [0.29, 0.717) is 31.4 Å². The van der Waals surface area contributed by atoms with Crippen LogP contribution in [-0.2, 0) is 16.0 Å². The largest absolute Gasteiger partial charge is 0.378 e. The molecule has 0 unspecified atom stereocenters. The first-order valence-corrected chi connectivity index (χ1v) is 7.97. The van der Waals surface area contributed by atoms with Crippen LogP contribution in [0.5, 0.6) is 0 Å². The Morgan fingerprint density at radius 1 is 1.32 bits per heavy atom. The molecular weight excluding hydrogens is 298 g/mol. The number of aryl methyl sites for hydroxylation is 1. The number of carbonyl (C=O) groups excluding carboxylic acids is 1. The number of morpholine rings is 1. The van der Waals surface area contributed by atoms with Crippen LogP contribution in [0.15, 0.2) is 24.3 Å². The number of anilines is 1. The van der Waals surface area contributed by atoms with Crippen LogP contribution < -0.4 is 5.32 Å². The summed E-state index contributed by atoms with van der Waals surface area (Å²) in [7, 11) is 1.83. The molecule has 5 nitrogen and oxygen atoms in total. The van der Waals surface area contributed by atoms with Gasteiger partial charge in [0.05, 0.1) is 19.8 Å². The fourth-order valence-corrected chi connectivity index (χ4v) is 2.41. The number of rotatable bonds is 4. The van der Waals surface area contributed by atoms with Gasteiger partial charge in [-0.05, 0) is 36.3 Å². The van der Waals surface area contributed by atoms with Crippen molar-refractivity contribution in [3.05, 3.63) is 29.8 Å². The number of likely N-dealkylation sites (N-methyl/N-ethyl adjacent to an activating group) is 1. The number of nitrogens with one attached hydrogen (secondary N) is 1. The third kappa shape index (κ3) is 4.68. The molecule has 1 N–H and O–H groups in total. The van der Waals surface area contributed by atoms with Crippen molar-refractivity contribution in [3.8, 4) is 0 Å². The number of hydrogen-bond acceptors (Lipinski definition) is 3. The summed E-state index contributed by atoms with van der Waals surface area (Å²) in [5.41, 5.74) is 2.22. The summed E-state index contributed by atoms with van der Waals surface area (Å²) in [6.45, 7) is 4.94. The van der Waals surface area contributed by atoms with E-state index in [4.69, 9.17) is 17.0 Å². The number of thiocarbonyl (C=S) groups is 1. The lowest BCUT2D eigenvalue weighted by Crippen LogP contribution is -2.46. The van der Waals surface area contributed by atoms with E-state index in [1.54, 1.807) is 4.90 Å². The van der Waals surface area contributed by atoms with Crippen molar-refractivity contribution in [2.45, 2.75) is 13.3 Å². The van der Waals surface area contributed by atoms with Crippen LogP contribution >= 0.6 is 12.2 Å². The molecule has 1 heterocycles. The fourth-order valence-electron chi connectivity index (χ4n) is 2.23. The molecule has 22 heavy (non-hydrogen) atoms. The first-order valence-electron chi connectivity index (χ1n) is 7.56. The number of ether oxygens (including phenoxy) is 1. The zero-order valence-corrected chi connectivity index (χ0v) is 14.0. The molecule has 1 aromatic carbocycles. The quantitative estimate of drug-likeness (QED) is 0.856. The summed E-state index contributed by atoms with van der Waals surface area (Å²) < 4.78 is 5.25. The predicted octanol–water partition coefficient (Wildman–Crippen LogP) is 1.74. The van der Waals surface area contributed by atoms with Crippen molar-refractivity contribution in [3.63, 3.8) is 0 Å². The van der Waals surface area contributed by atoms with E-state index >= 15 is 0 Å². The van der Waals surface area contributed by atoms with Crippen molar-refractivity contribution in [2.24, 2.45) is 0 Å². The maximum absolute atomic E-state index is 12.2. The molecule has 0 aliphatic carbocycles. The van der Waals surface area contributed by atoms with Crippen molar-refractivity contribution in [1.29, 1.82) is 0 Å². The molecule has 0 spiro atoms. The maximum atomic E-state index is 12.2. The first kappa shape index (κ1) is 16.7. The van der Waals surface area contributed by atoms with Crippen LogP contribution in [0, 0.1) is 0 Å². The zero-order chi connectivity index (χ0) is 15.9. The third-order valence-corrected chi connectivity index (χ3v) is 4.11. The van der Waals surface area contributed by atoms with Gasteiger partial charge in [-0.3, -0.25) is 4.79 Å². The molecule has 1 saturated heterocycles. The van der Waals surface area contributed by atoms with Gasteiger partial charge in [-0.2, -0.15) is 0 Å². The third-order valence-electron chi connectivity index (χ3n) is 3.70. The fraction of sp³-hybridized carbons (Fsp3) is 0.500. The maximum Gasteiger partial charge on any atom is 0.242 e. The molecule has 1 aliphatic heterocycles. The van der Waals surface area contributed by atoms with Gasteiger partial charge in [0.1, 0.15) is 0 Å². The normalized spacial score (nSPS) is 14.5. The minimum Gasteiger partial charge on any atom is -0.378 e. The molecule has 1 amide bonds. The van der Waals surface area contributed by atoms with E-state index in [-0.39, 0.29) is 12.5 Å². The lowest BCUT2D eigenvalue weighted by atomic mass is 10.1. The molecule has 0 bridgehead atoms. The molecule has 6 heteroatoms. The number of carbonyl (C=O) groups is 1. The Balaban J connectivity index is 1.84. The highest BCUT2D eigenvalue weighted by molar-refractivity contribution is 7.80. The molecule has 0 radical (unpaired) electrons. The van der Waals surface area contributed by atoms with Crippen LogP contribution in [0.25, 0.3) is 0 Å². The Labute approximate surface area is 137 Å². The van der Waals surface area contributed by atoms with Crippen LogP contribution in [0.3, 0.4) is 0 Å². The van der Waals surface area contributed by atoms with Crippen molar-refractivity contribution >= 4 is 28.9 Å². The van der Waals surface area contributed by atoms with E-state index in [9.17, 15) is 4.79 Å². The van der Waals surface area contributed by atoms with Crippen molar-refractivity contribution in [2.75, 3.05) is 45.2 Å². The van der Waals surface area contributed by atoms with Crippen LogP contribution in [0.2, 0.25) is 0 Å². The first-order chi connectivity index (χ1) is 10.6. The van der Waals surface area contributed by atoms with Gasteiger partial charge in [0, 0.05) is 25.8 Å². The Hall–Kier alpha value is -1.66. The number of amides is 1. The van der Waals surface area contributed by atoms with E-state index in [1.165, 1.54) is 5.56 Å². The average molecular weight is 321 g/mol. The molecule has 1 aromatic rings. The number of hydrogen-bond donors (Lipinski definition) is 1. The molecule has 0 aromatic heterocycles. The van der Waals surface area contributed by atoms with Gasteiger partial charge in [-0.1, -0.05) is 19.1 Å². The Morgan fingerprint density at radius 2 is 1.95 bits per heavy atom. The Kier molecular flexibility index (Phi) is 6.15. The highest BCUT2D eigenvalue weighted by Gasteiger charge is 2.19. The standard InChI is InChI=1S/C16H23N3O2S/c1-3-13-4-6-14(7-5-13)17-16(22)18(2)12-15(20)19-8-10-21-11-9-19/h4-7H,3,8-12H2,1-2H3,(H,17,22). The SMILES string of the molecule is CCc1ccc(NC(=S)N(C)CC(=O)N2CCOCC2)cc1. The molecule has 120 valence electrons. The summed E-state index contributed by atoms with van der Waals surface area (Å²) in [4.78, 5) is 15.8. The minimum absolute atomic E-state index is 0.0799. The predicted molar refractivity (Wildman–Crippen MR) is 92.1 cm³/mol. The van der Waals surface area contributed by atoms with Gasteiger partial charge >= 0.3 is 0 Å². The molecule has 2 rings (SSSR count). The van der Waals surface area contributed by atoms with Crippen molar-refractivity contribution < 1.29 is 9.53 Å². The van der Waals surface area contributed by atoms with Gasteiger partial charge in [0.25, 0.3) is 0 Å². The second-order valence-corrected chi connectivity index (χ2v) is 5.72. The summed E-state index contributed by atoms with van der Waals surface area (Å²) in [6.07, 6.45) is 1.01. The lowest BCUT2D eigenvalue weighted by Gasteiger charge is -2.29. The summed E-state index contributed by atoms with van der Waals surface area (Å²) >= 11 is 5.36. The second kappa shape index (κ2) is 8.10. The summed E-state index contributed by atoms with van der Waals surface area (Å²) in [6, 6.07) is 8.15. The topological polar surface area (TPSA) is 44.8 Å². The van der Waals surface area contributed by atoms with Gasteiger partial charge in [-0.15, -0.1) is 0 Å². The highest BCUT2D eigenvalue weighted by atomic mass is 32.1. The Bertz CT molecular complexity index is 513. The summed E-state index contributed by atoms with van der Waals surface area (Å²) in [5.74, 6) is 0.0799. The van der Waals surface area contributed by atoms with Crippen molar-refractivity contribution in [1.82, 2.24) is 9.80 Å². The Morgan fingerprint density at radius 3 is 2.55 bits per heavy atom. The lowest BCUT2D eigenvalue weighted by molar-refractivity contribution is -0.135. The van der Waals surface area contributed by atoms with Gasteiger partial charge in [-0.25, -0.2) is 0 Å². The smallest absolute Gasteiger partial charge is 0.242 e. The van der Waals surface area contributed by atoms with Gasteiger partial charge < -0.3 is 19.9 Å². The summed E-state index contributed by atoms with van der Waals surface area (Å²) in [5, 5.41) is 3.71. The number of benzene rings is 1. The zero-order valence-electron chi connectivity index (χ0n) is 13.2. The molecule has 0 saturated carbocycles. The van der Waals surface area contributed by atoms with E-state index < -0.39 is 0 Å². The highest BCUT2D eigenvalue weighted by Crippen LogP contribution is 2.11. The van der Waals surface area contributed by atoms with Crippen LogP contribution in [-0.4, -0.2) is 60.7 Å². The van der Waals surface area contributed by atoms with Crippen LogP contribution in [0.1, 0.15) is 12.5 Å². The van der Waals surface area contributed by atoms with Gasteiger partial charge in [0.15, 0.2) is 5.11 Å². The molecular formula is C16H23N3O2S. The van der Waals surface area contributed by atoms with E-state index in [0.717, 1.165) is 12.1 Å². The van der Waals surface area contributed by atoms with E-state index in [2.05, 4.69) is 24.4 Å². The molecule has 1 fully saturated rings. The average Bonchev–Trinajstić information content (AvgIpc) is 2.56.